The van der Waals surface area contributed by atoms with Gasteiger partial charge in [-0.15, -0.1) is 0 Å². The van der Waals surface area contributed by atoms with E-state index in [1.165, 1.54) is 24.3 Å². The van der Waals surface area contributed by atoms with Crippen LogP contribution in [0, 0.1) is 24.4 Å². The van der Waals surface area contributed by atoms with Crippen LogP contribution in [0.2, 0.25) is 0 Å². The lowest BCUT2D eigenvalue weighted by Crippen LogP contribution is -2.46. The van der Waals surface area contributed by atoms with Gasteiger partial charge in [-0.1, -0.05) is 30.3 Å². The lowest BCUT2D eigenvalue weighted by Gasteiger charge is -2.36. The summed E-state index contributed by atoms with van der Waals surface area (Å²) in [7, 11) is 0. The van der Waals surface area contributed by atoms with Gasteiger partial charge < -0.3 is 9.47 Å². The van der Waals surface area contributed by atoms with Crippen LogP contribution in [0.4, 0.5) is 18.9 Å². The maximum atomic E-state index is 14.8. The van der Waals surface area contributed by atoms with Crippen molar-refractivity contribution < 1.29 is 13.2 Å². The quantitative estimate of drug-likeness (QED) is 0.351. The van der Waals surface area contributed by atoms with Crippen molar-refractivity contribution in [3.63, 3.8) is 0 Å². The smallest absolute Gasteiger partial charge is 0.150 e. The summed E-state index contributed by atoms with van der Waals surface area (Å²) in [5.74, 6) is -1.41. The number of hydrogen-bond acceptors (Lipinski definition) is 2. The van der Waals surface area contributed by atoms with Gasteiger partial charge in [-0.05, 0) is 60.5 Å². The van der Waals surface area contributed by atoms with Crippen molar-refractivity contribution >= 4 is 5.69 Å². The molecule has 0 spiro atoms. The predicted molar refractivity (Wildman–Crippen MR) is 130 cm³/mol. The summed E-state index contributed by atoms with van der Waals surface area (Å²) in [6.45, 7) is 6.16. The Hall–Kier alpha value is -3.51. The number of halogens is 3. The van der Waals surface area contributed by atoms with Crippen LogP contribution in [0.3, 0.4) is 0 Å². The molecule has 3 aromatic carbocycles. The number of rotatable bonds is 5. The monoisotopic (exact) mass is 461 g/mol. The molecule has 3 nitrogen and oxygen atoms in total. The second-order valence-electron chi connectivity index (χ2n) is 8.68. The molecule has 5 rings (SSSR count). The average Bonchev–Trinajstić information content (AvgIpc) is 3.16. The maximum Gasteiger partial charge on any atom is 0.150 e. The van der Waals surface area contributed by atoms with E-state index in [4.69, 9.17) is 0 Å². The first-order valence-corrected chi connectivity index (χ1v) is 11.4. The molecule has 0 radical (unpaired) electrons. The second kappa shape index (κ2) is 9.39. The average molecular weight is 462 g/mol. The third-order valence-electron chi connectivity index (χ3n) is 6.53. The predicted octanol–water partition coefficient (Wildman–Crippen LogP) is 6.19. The highest BCUT2D eigenvalue weighted by Gasteiger charge is 2.22. The van der Waals surface area contributed by atoms with Gasteiger partial charge in [0, 0.05) is 50.2 Å². The van der Waals surface area contributed by atoms with Gasteiger partial charge in [0.2, 0.25) is 0 Å². The minimum absolute atomic E-state index is 0.228. The van der Waals surface area contributed by atoms with E-state index in [2.05, 4.69) is 15.9 Å². The summed E-state index contributed by atoms with van der Waals surface area (Å²) in [4.78, 5) is 4.64. The molecule has 0 saturated carbocycles. The Bertz CT molecular complexity index is 1270. The van der Waals surface area contributed by atoms with Crippen molar-refractivity contribution in [1.29, 1.82) is 0 Å². The second-order valence-corrected chi connectivity index (χ2v) is 8.68. The van der Waals surface area contributed by atoms with Gasteiger partial charge in [0.15, 0.2) is 0 Å². The van der Waals surface area contributed by atoms with Gasteiger partial charge in [0.05, 0.1) is 11.4 Å². The molecule has 1 fully saturated rings. The topological polar surface area (TPSA) is 11.4 Å². The molecule has 2 heterocycles. The van der Waals surface area contributed by atoms with E-state index >= 15 is 0 Å². The van der Waals surface area contributed by atoms with Crippen LogP contribution in [0.5, 0.6) is 0 Å². The molecule has 0 unspecified atom stereocenters. The number of hydrogen-bond donors (Lipinski definition) is 0. The number of piperazine rings is 1. The number of aromatic nitrogens is 1. The highest BCUT2D eigenvalue weighted by atomic mass is 19.1. The van der Waals surface area contributed by atoms with Gasteiger partial charge in [0.1, 0.15) is 17.5 Å². The first-order valence-electron chi connectivity index (χ1n) is 11.4. The number of benzene rings is 3. The van der Waals surface area contributed by atoms with Crippen LogP contribution < -0.4 is 4.90 Å². The highest BCUT2D eigenvalue weighted by Crippen LogP contribution is 2.32. The molecule has 34 heavy (non-hydrogen) atoms. The zero-order valence-electron chi connectivity index (χ0n) is 19.0. The van der Waals surface area contributed by atoms with Crippen molar-refractivity contribution in [2.45, 2.75) is 13.5 Å². The zero-order valence-corrected chi connectivity index (χ0v) is 19.0. The summed E-state index contributed by atoms with van der Waals surface area (Å²) >= 11 is 0. The van der Waals surface area contributed by atoms with E-state index in [1.807, 2.05) is 54.0 Å². The normalized spacial score (nSPS) is 14.5. The van der Waals surface area contributed by atoms with Crippen LogP contribution in [0.25, 0.3) is 16.9 Å². The van der Waals surface area contributed by atoms with E-state index < -0.39 is 11.6 Å². The fourth-order valence-electron chi connectivity index (χ4n) is 4.67. The number of anilines is 1. The van der Waals surface area contributed by atoms with E-state index in [9.17, 15) is 13.2 Å². The molecule has 1 aliphatic heterocycles. The molecule has 0 atom stereocenters. The zero-order chi connectivity index (χ0) is 23.7. The summed E-state index contributed by atoms with van der Waals surface area (Å²) < 4.78 is 43.5. The fraction of sp³-hybridized carbons (Fsp3) is 0.214. The van der Waals surface area contributed by atoms with Crippen molar-refractivity contribution in [1.82, 2.24) is 9.47 Å². The van der Waals surface area contributed by atoms with Gasteiger partial charge in [-0.3, -0.25) is 4.90 Å². The first-order chi connectivity index (χ1) is 16.5. The van der Waals surface area contributed by atoms with E-state index in [-0.39, 0.29) is 5.82 Å². The number of nitrogens with zero attached hydrogens (tertiary/aromatic N) is 3. The molecule has 4 aromatic rings. The Morgan fingerprint density at radius 1 is 0.735 bits per heavy atom. The van der Waals surface area contributed by atoms with Gasteiger partial charge in [-0.2, -0.15) is 0 Å². The molecule has 0 amide bonds. The maximum absolute atomic E-state index is 14.8. The summed E-state index contributed by atoms with van der Waals surface area (Å²) in [6, 6.07) is 22.3. The van der Waals surface area contributed by atoms with Crippen LogP contribution in [0.15, 0.2) is 78.9 Å². The van der Waals surface area contributed by atoms with Crippen LogP contribution in [-0.4, -0.2) is 35.6 Å². The molecule has 0 N–H and O–H groups in total. The fourth-order valence-corrected chi connectivity index (χ4v) is 4.67. The minimum Gasteiger partial charge on any atom is -0.369 e. The van der Waals surface area contributed by atoms with Gasteiger partial charge >= 0.3 is 0 Å². The third-order valence-corrected chi connectivity index (χ3v) is 6.53. The van der Waals surface area contributed by atoms with Gasteiger partial charge in [-0.25, -0.2) is 13.2 Å². The Balaban J connectivity index is 1.41. The molecular formula is C28H26F3N3. The summed E-state index contributed by atoms with van der Waals surface area (Å²) in [6.07, 6.45) is 0. The first kappa shape index (κ1) is 22.3. The van der Waals surface area contributed by atoms with Crippen LogP contribution >= 0.6 is 0 Å². The Labute approximate surface area is 197 Å². The van der Waals surface area contributed by atoms with E-state index in [1.54, 1.807) is 0 Å². The molecule has 174 valence electrons. The lowest BCUT2D eigenvalue weighted by molar-refractivity contribution is 0.249. The van der Waals surface area contributed by atoms with Crippen molar-refractivity contribution in [2.75, 3.05) is 31.1 Å². The molecule has 6 heteroatoms. The Morgan fingerprint density at radius 3 is 2.09 bits per heavy atom. The minimum atomic E-state index is -0.591. The highest BCUT2D eigenvalue weighted by molar-refractivity contribution is 5.66. The van der Waals surface area contributed by atoms with Crippen molar-refractivity contribution in [3.05, 3.63) is 108 Å². The standard InChI is InChI=1S/C28H26F3N3/c1-20-22(19-32-13-15-33(16-14-32)25-10-7-23(29)8-11-25)17-28(21-5-3-2-4-6-21)34(20)27-12-9-24(30)18-26(27)31/h2-12,17-18H,13-16,19H2,1H3. The van der Waals surface area contributed by atoms with Crippen LogP contribution in [0.1, 0.15) is 11.3 Å². The molecular weight excluding hydrogens is 435 g/mol. The van der Waals surface area contributed by atoms with Crippen LogP contribution in [-0.2, 0) is 6.54 Å². The van der Waals surface area contributed by atoms with Crippen molar-refractivity contribution in [2.24, 2.45) is 0 Å². The molecule has 1 aliphatic rings. The van der Waals surface area contributed by atoms with Crippen molar-refractivity contribution in [3.8, 4) is 16.9 Å². The molecule has 0 bridgehead atoms. The van der Waals surface area contributed by atoms with E-state index in [0.29, 0.717) is 5.69 Å². The SMILES string of the molecule is Cc1c(CN2CCN(c3ccc(F)cc3)CC2)cc(-c2ccccc2)n1-c1ccc(F)cc1F. The summed E-state index contributed by atoms with van der Waals surface area (Å²) in [5.41, 5.74) is 5.26. The molecule has 0 aliphatic carbocycles. The van der Waals surface area contributed by atoms with Gasteiger partial charge in [0.25, 0.3) is 0 Å². The third kappa shape index (κ3) is 4.46. The summed E-state index contributed by atoms with van der Waals surface area (Å²) in [5, 5.41) is 0. The Kier molecular flexibility index (Phi) is 6.16. The van der Waals surface area contributed by atoms with E-state index in [0.717, 1.165) is 67.0 Å². The Morgan fingerprint density at radius 2 is 1.41 bits per heavy atom. The largest absolute Gasteiger partial charge is 0.369 e. The lowest BCUT2D eigenvalue weighted by atomic mass is 10.1. The molecule has 1 saturated heterocycles. The molecule has 1 aromatic heterocycles.